The second kappa shape index (κ2) is 9.37. The van der Waals surface area contributed by atoms with Gasteiger partial charge in [0, 0.05) is 31.6 Å². The Labute approximate surface area is 211 Å². The molecule has 0 bridgehead atoms. The number of carbonyl (C=O) groups is 1. The van der Waals surface area contributed by atoms with Gasteiger partial charge in [-0.05, 0) is 53.3 Å². The standard InChI is InChI=1S/C26H20F6N2O2S/c1-14-6-4-5-7-18(14)20-19-8-9-37-22(19)24(36)34(3)21(20)23(35)33(2)13-15-10-16(25(27,28)29)12-17(11-15)26(30,31)32/h4-12H,13H2,1-3H3. The summed E-state index contributed by atoms with van der Waals surface area (Å²) in [5.41, 5.74) is -1.77. The Balaban J connectivity index is 1.85. The summed E-state index contributed by atoms with van der Waals surface area (Å²) < 4.78 is 81.4. The monoisotopic (exact) mass is 538 g/mol. The van der Waals surface area contributed by atoms with Crippen LogP contribution in [-0.2, 0) is 25.9 Å². The van der Waals surface area contributed by atoms with Crippen LogP contribution in [0.5, 0.6) is 0 Å². The quantitative estimate of drug-likeness (QED) is 0.266. The molecule has 194 valence electrons. The maximum Gasteiger partial charge on any atom is 0.416 e. The molecular formula is C26H20F6N2O2S. The number of hydrogen-bond acceptors (Lipinski definition) is 3. The minimum atomic E-state index is -5.01. The van der Waals surface area contributed by atoms with Gasteiger partial charge in [-0.25, -0.2) is 0 Å². The topological polar surface area (TPSA) is 42.3 Å². The molecule has 0 atom stereocenters. The zero-order valence-corrected chi connectivity index (χ0v) is 20.6. The molecule has 4 rings (SSSR count). The summed E-state index contributed by atoms with van der Waals surface area (Å²) in [5.74, 6) is -0.725. The number of alkyl halides is 6. The molecule has 11 heteroatoms. The van der Waals surface area contributed by atoms with E-state index in [1.165, 1.54) is 30.0 Å². The number of aryl methyl sites for hydroxylation is 1. The Kier molecular flexibility index (Phi) is 6.70. The highest BCUT2D eigenvalue weighted by Gasteiger charge is 2.37. The van der Waals surface area contributed by atoms with E-state index < -0.39 is 41.5 Å². The van der Waals surface area contributed by atoms with Crippen molar-refractivity contribution in [3.05, 3.63) is 92.2 Å². The van der Waals surface area contributed by atoms with E-state index in [9.17, 15) is 35.9 Å². The molecule has 0 saturated carbocycles. The number of amides is 1. The fraction of sp³-hybridized carbons (Fsp3) is 0.231. The Hall–Kier alpha value is -3.60. The van der Waals surface area contributed by atoms with E-state index in [1.54, 1.807) is 23.6 Å². The second-order valence-corrected chi connectivity index (χ2v) is 9.56. The van der Waals surface area contributed by atoms with Crippen molar-refractivity contribution < 1.29 is 31.1 Å². The fourth-order valence-electron chi connectivity index (χ4n) is 4.23. The SMILES string of the molecule is Cc1ccccc1-c1c(C(=O)N(C)Cc2cc(C(F)(F)F)cc(C(F)(F)F)c2)n(C)c(=O)c2sccc12. The van der Waals surface area contributed by atoms with Crippen molar-refractivity contribution in [1.82, 2.24) is 9.47 Å². The van der Waals surface area contributed by atoms with Crippen LogP contribution in [0, 0.1) is 6.92 Å². The van der Waals surface area contributed by atoms with Crippen LogP contribution in [0.2, 0.25) is 0 Å². The van der Waals surface area contributed by atoms with Gasteiger partial charge in [0.05, 0.1) is 11.1 Å². The molecule has 37 heavy (non-hydrogen) atoms. The third-order valence-electron chi connectivity index (χ3n) is 6.04. The lowest BCUT2D eigenvalue weighted by atomic mass is 9.95. The van der Waals surface area contributed by atoms with Crippen LogP contribution in [0.1, 0.15) is 32.7 Å². The van der Waals surface area contributed by atoms with Crippen LogP contribution in [0.4, 0.5) is 26.3 Å². The fourth-order valence-corrected chi connectivity index (χ4v) is 5.11. The van der Waals surface area contributed by atoms with E-state index in [1.807, 2.05) is 19.1 Å². The number of fused-ring (bicyclic) bond motifs is 1. The van der Waals surface area contributed by atoms with Gasteiger partial charge in [0.2, 0.25) is 0 Å². The normalized spacial score (nSPS) is 12.2. The average Bonchev–Trinajstić information content (AvgIpc) is 3.30. The van der Waals surface area contributed by atoms with Gasteiger partial charge < -0.3 is 9.47 Å². The Morgan fingerprint density at radius 3 is 2.14 bits per heavy atom. The number of pyridine rings is 1. The number of benzene rings is 2. The maximum atomic E-state index is 13.7. The molecule has 0 spiro atoms. The highest BCUT2D eigenvalue weighted by molar-refractivity contribution is 7.17. The van der Waals surface area contributed by atoms with E-state index in [-0.39, 0.29) is 17.3 Å². The van der Waals surface area contributed by atoms with Gasteiger partial charge in [0.25, 0.3) is 11.5 Å². The minimum Gasteiger partial charge on any atom is -0.336 e. The predicted molar refractivity (Wildman–Crippen MR) is 129 cm³/mol. The van der Waals surface area contributed by atoms with Gasteiger partial charge in [-0.15, -0.1) is 11.3 Å². The van der Waals surface area contributed by atoms with Gasteiger partial charge >= 0.3 is 12.4 Å². The first-order chi connectivity index (χ1) is 17.2. The van der Waals surface area contributed by atoms with Crippen molar-refractivity contribution in [2.75, 3.05) is 7.05 Å². The number of hydrogen-bond donors (Lipinski definition) is 0. The molecule has 2 aromatic heterocycles. The summed E-state index contributed by atoms with van der Waals surface area (Å²) in [6.45, 7) is 1.28. The van der Waals surface area contributed by atoms with Crippen molar-refractivity contribution in [3.8, 4) is 11.1 Å². The number of aromatic nitrogens is 1. The smallest absolute Gasteiger partial charge is 0.336 e. The van der Waals surface area contributed by atoms with E-state index in [0.29, 0.717) is 33.3 Å². The van der Waals surface area contributed by atoms with Crippen LogP contribution in [0.3, 0.4) is 0 Å². The first-order valence-electron chi connectivity index (χ1n) is 10.9. The summed E-state index contributed by atoms with van der Waals surface area (Å²) >= 11 is 1.21. The van der Waals surface area contributed by atoms with Crippen LogP contribution < -0.4 is 5.56 Å². The lowest BCUT2D eigenvalue weighted by Gasteiger charge is -2.23. The van der Waals surface area contributed by atoms with Crippen LogP contribution in [0.15, 0.2) is 58.7 Å². The molecule has 0 N–H and O–H groups in total. The third-order valence-corrected chi connectivity index (χ3v) is 6.94. The molecule has 2 heterocycles. The summed E-state index contributed by atoms with van der Waals surface area (Å²) in [4.78, 5) is 27.7. The molecule has 0 saturated heterocycles. The third kappa shape index (κ3) is 5.00. The molecule has 0 radical (unpaired) electrons. The maximum absolute atomic E-state index is 13.7. The Morgan fingerprint density at radius 2 is 1.57 bits per heavy atom. The number of thiophene rings is 1. The molecule has 0 aliphatic heterocycles. The summed E-state index contributed by atoms with van der Waals surface area (Å²) in [6, 6.07) is 10.1. The zero-order valence-electron chi connectivity index (χ0n) is 19.8. The Morgan fingerprint density at radius 1 is 0.973 bits per heavy atom. The highest BCUT2D eigenvalue weighted by Crippen LogP contribution is 2.38. The molecule has 4 nitrogen and oxygen atoms in total. The molecule has 0 aliphatic carbocycles. The van der Waals surface area contributed by atoms with Gasteiger partial charge in [-0.2, -0.15) is 26.3 Å². The zero-order chi connectivity index (χ0) is 27.3. The van der Waals surface area contributed by atoms with Gasteiger partial charge in [-0.3, -0.25) is 9.59 Å². The number of rotatable bonds is 4. The van der Waals surface area contributed by atoms with Crippen molar-refractivity contribution in [2.45, 2.75) is 25.8 Å². The van der Waals surface area contributed by atoms with Crippen molar-refractivity contribution in [3.63, 3.8) is 0 Å². The highest BCUT2D eigenvalue weighted by atomic mass is 32.1. The Bertz CT molecular complexity index is 1530. The summed E-state index contributed by atoms with van der Waals surface area (Å²) in [7, 11) is 2.68. The average molecular weight is 539 g/mol. The number of carbonyl (C=O) groups excluding carboxylic acids is 1. The lowest BCUT2D eigenvalue weighted by molar-refractivity contribution is -0.143. The molecule has 0 fully saturated rings. The largest absolute Gasteiger partial charge is 0.416 e. The summed E-state index contributed by atoms with van der Waals surface area (Å²) in [6.07, 6.45) is -10.0. The molecule has 0 aliphatic rings. The lowest BCUT2D eigenvalue weighted by Crippen LogP contribution is -2.33. The number of halogens is 6. The van der Waals surface area contributed by atoms with Crippen molar-refractivity contribution >= 4 is 27.3 Å². The van der Waals surface area contributed by atoms with Crippen LogP contribution in [-0.4, -0.2) is 22.4 Å². The van der Waals surface area contributed by atoms with Crippen LogP contribution >= 0.6 is 11.3 Å². The van der Waals surface area contributed by atoms with E-state index in [0.717, 1.165) is 10.5 Å². The molecule has 2 aromatic carbocycles. The van der Waals surface area contributed by atoms with Gasteiger partial charge in [0.15, 0.2) is 0 Å². The second-order valence-electron chi connectivity index (χ2n) is 8.64. The molecule has 1 amide bonds. The van der Waals surface area contributed by atoms with Gasteiger partial charge in [-0.1, -0.05) is 24.3 Å². The molecular weight excluding hydrogens is 518 g/mol. The van der Waals surface area contributed by atoms with Gasteiger partial charge in [0.1, 0.15) is 10.4 Å². The van der Waals surface area contributed by atoms with Crippen molar-refractivity contribution in [2.24, 2.45) is 7.05 Å². The van der Waals surface area contributed by atoms with Crippen molar-refractivity contribution in [1.29, 1.82) is 0 Å². The minimum absolute atomic E-state index is 0.0179. The molecule has 0 unspecified atom stereocenters. The molecule has 4 aromatic rings. The predicted octanol–water partition coefficient (Wildman–Crippen LogP) is 6.89. The van der Waals surface area contributed by atoms with Crippen LogP contribution in [0.25, 0.3) is 21.2 Å². The van der Waals surface area contributed by atoms with E-state index in [4.69, 9.17) is 0 Å². The first kappa shape index (κ1) is 26.5. The summed E-state index contributed by atoms with van der Waals surface area (Å²) in [5, 5.41) is 2.25. The number of nitrogens with zero attached hydrogens (tertiary/aromatic N) is 2. The van der Waals surface area contributed by atoms with E-state index >= 15 is 0 Å². The van der Waals surface area contributed by atoms with E-state index in [2.05, 4.69) is 0 Å². The first-order valence-corrected chi connectivity index (χ1v) is 11.8.